The fourth-order valence-corrected chi connectivity index (χ4v) is 1.23. The first kappa shape index (κ1) is 9.58. The number of halogens is 2. The SMILES string of the molecule is Nc1ccc(-c2ccc(F)c(F)c2)nc1. The molecule has 2 aromatic rings. The lowest BCUT2D eigenvalue weighted by Gasteiger charge is -2.01. The molecule has 0 bridgehead atoms. The highest BCUT2D eigenvalue weighted by Gasteiger charge is 2.04. The Bertz CT molecular complexity index is 480. The summed E-state index contributed by atoms with van der Waals surface area (Å²) in [6.07, 6.45) is 1.47. The molecule has 1 aromatic heterocycles. The summed E-state index contributed by atoms with van der Waals surface area (Å²) in [4.78, 5) is 4.01. The summed E-state index contributed by atoms with van der Waals surface area (Å²) in [5.41, 5.74) is 7.07. The van der Waals surface area contributed by atoms with Gasteiger partial charge in [0, 0.05) is 5.56 Å². The minimum atomic E-state index is -0.883. The Hall–Kier alpha value is -1.97. The number of hydrogen-bond donors (Lipinski definition) is 1. The Balaban J connectivity index is 2.45. The van der Waals surface area contributed by atoms with Gasteiger partial charge in [0.1, 0.15) is 0 Å². The van der Waals surface area contributed by atoms with Crippen molar-refractivity contribution in [2.45, 2.75) is 0 Å². The van der Waals surface area contributed by atoms with Crippen molar-refractivity contribution >= 4 is 5.69 Å². The molecule has 0 aliphatic heterocycles. The number of nitrogens with two attached hydrogens (primary N) is 1. The van der Waals surface area contributed by atoms with Crippen LogP contribution in [0.5, 0.6) is 0 Å². The second-order valence-corrected chi connectivity index (χ2v) is 3.11. The highest BCUT2D eigenvalue weighted by molar-refractivity contribution is 5.60. The first-order chi connectivity index (χ1) is 7.16. The average molecular weight is 206 g/mol. The number of anilines is 1. The number of rotatable bonds is 1. The summed E-state index contributed by atoms with van der Waals surface area (Å²) in [6, 6.07) is 6.96. The Kier molecular flexibility index (Phi) is 2.33. The highest BCUT2D eigenvalue weighted by atomic mass is 19.2. The van der Waals surface area contributed by atoms with Crippen LogP contribution in [0.3, 0.4) is 0 Å². The third-order valence-corrected chi connectivity index (χ3v) is 2.00. The van der Waals surface area contributed by atoms with E-state index in [0.29, 0.717) is 16.9 Å². The molecule has 0 aliphatic carbocycles. The quantitative estimate of drug-likeness (QED) is 0.778. The monoisotopic (exact) mass is 206 g/mol. The van der Waals surface area contributed by atoms with Gasteiger partial charge in [0.2, 0.25) is 0 Å². The Labute approximate surface area is 85.4 Å². The summed E-state index contributed by atoms with van der Waals surface area (Å²) in [6.45, 7) is 0. The maximum atomic E-state index is 12.9. The summed E-state index contributed by atoms with van der Waals surface area (Å²) in [5.74, 6) is -1.75. The zero-order valence-electron chi connectivity index (χ0n) is 7.74. The van der Waals surface area contributed by atoms with Crippen molar-refractivity contribution in [1.29, 1.82) is 0 Å². The topological polar surface area (TPSA) is 38.9 Å². The van der Waals surface area contributed by atoms with E-state index in [-0.39, 0.29) is 0 Å². The van der Waals surface area contributed by atoms with Crippen molar-refractivity contribution in [3.05, 3.63) is 48.2 Å². The molecule has 2 rings (SSSR count). The zero-order chi connectivity index (χ0) is 10.8. The number of pyridine rings is 1. The number of aromatic nitrogens is 1. The largest absolute Gasteiger partial charge is 0.397 e. The van der Waals surface area contributed by atoms with Crippen LogP contribution in [0, 0.1) is 11.6 Å². The van der Waals surface area contributed by atoms with E-state index in [0.717, 1.165) is 12.1 Å². The molecular formula is C11H8F2N2. The minimum absolute atomic E-state index is 0.522. The van der Waals surface area contributed by atoms with E-state index >= 15 is 0 Å². The lowest BCUT2D eigenvalue weighted by Crippen LogP contribution is -1.90. The average Bonchev–Trinajstić information content (AvgIpc) is 2.23. The van der Waals surface area contributed by atoms with Gasteiger partial charge < -0.3 is 5.73 Å². The van der Waals surface area contributed by atoms with Crippen LogP contribution in [0.2, 0.25) is 0 Å². The van der Waals surface area contributed by atoms with Crippen molar-refractivity contribution in [3.63, 3.8) is 0 Å². The highest BCUT2D eigenvalue weighted by Crippen LogP contribution is 2.19. The molecule has 1 heterocycles. The van der Waals surface area contributed by atoms with Crippen molar-refractivity contribution < 1.29 is 8.78 Å². The fourth-order valence-electron chi connectivity index (χ4n) is 1.23. The number of nitrogen functional groups attached to an aromatic ring is 1. The second kappa shape index (κ2) is 3.65. The lowest BCUT2D eigenvalue weighted by atomic mass is 10.1. The molecular weight excluding hydrogens is 198 g/mol. The van der Waals surface area contributed by atoms with Gasteiger partial charge in [-0.2, -0.15) is 0 Å². The minimum Gasteiger partial charge on any atom is -0.397 e. The van der Waals surface area contributed by atoms with Gasteiger partial charge in [-0.15, -0.1) is 0 Å². The van der Waals surface area contributed by atoms with E-state index in [1.54, 1.807) is 12.1 Å². The molecule has 2 N–H and O–H groups in total. The summed E-state index contributed by atoms with van der Waals surface area (Å²) in [7, 11) is 0. The van der Waals surface area contributed by atoms with Gasteiger partial charge in [0.15, 0.2) is 11.6 Å². The molecule has 0 amide bonds. The Morgan fingerprint density at radius 1 is 1.00 bits per heavy atom. The number of nitrogens with zero attached hydrogens (tertiary/aromatic N) is 1. The van der Waals surface area contributed by atoms with Gasteiger partial charge in [0.25, 0.3) is 0 Å². The molecule has 2 nitrogen and oxygen atoms in total. The number of hydrogen-bond acceptors (Lipinski definition) is 2. The van der Waals surface area contributed by atoms with Gasteiger partial charge in [0.05, 0.1) is 17.6 Å². The summed E-state index contributed by atoms with van der Waals surface area (Å²) >= 11 is 0. The molecule has 0 radical (unpaired) electrons. The van der Waals surface area contributed by atoms with E-state index < -0.39 is 11.6 Å². The smallest absolute Gasteiger partial charge is 0.159 e. The molecule has 76 valence electrons. The normalized spacial score (nSPS) is 10.3. The molecule has 0 fully saturated rings. The Morgan fingerprint density at radius 3 is 2.40 bits per heavy atom. The van der Waals surface area contributed by atoms with Crippen LogP contribution in [-0.2, 0) is 0 Å². The first-order valence-electron chi connectivity index (χ1n) is 4.34. The molecule has 0 atom stereocenters. The van der Waals surface area contributed by atoms with Crippen molar-refractivity contribution in [2.24, 2.45) is 0 Å². The molecule has 0 aliphatic rings. The first-order valence-corrected chi connectivity index (χ1v) is 4.34. The van der Waals surface area contributed by atoms with Gasteiger partial charge >= 0.3 is 0 Å². The molecule has 1 aromatic carbocycles. The predicted octanol–water partition coefficient (Wildman–Crippen LogP) is 2.61. The van der Waals surface area contributed by atoms with Crippen LogP contribution < -0.4 is 5.73 Å². The van der Waals surface area contributed by atoms with Gasteiger partial charge in [-0.25, -0.2) is 8.78 Å². The third kappa shape index (κ3) is 1.93. The zero-order valence-corrected chi connectivity index (χ0v) is 7.74. The van der Waals surface area contributed by atoms with E-state index in [4.69, 9.17) is 5.73 Å². The number of benzene rings is 1. The van der Waals surface area contributed by atoms with Crippen molar-refractivity contribution in [1.82, 2.24) is 4.98 Å². The van der Waals surface area contributed by atoms with Gasteiger partial charge in [-0.3, -0.25) is 4.98 Å². The molecule has 0 saturated carbocycles. The van der Waals surface area contributed by atoms with Crippen LogP contribution in [-0.4, -0.2) is 4.98 Å². The Morgan fingerprint density at radius 2 is 1.80 bits per heavy atom. The van der Waals surface area contributed by atoms with E-state index in [1.165, 1.54) is 12.3 Å². The summed E-state index contributed by atoms with van der Waals surface area (Å²) < 4.78 is 25.6. The maximum Gasteiger partial charge on any atom is 0.159 e. The van der Waals surface area contributed by atoms with E-state index in [9.17, 15) is 8.78 Å². The van der Waals surface area contributed by atoms with Crippen LogP contribution in [0.25, 0.3) is 11.3 Å². The molecule has 4 heteroatoms. The van der Waals surface area contributed by atoms with Crippen LogP contribution >= 0.6 is 0 Å². The van der Waals surface area contributed by atoms with Gasteiger partial charge in [-0.1, -0.05) is 0 Å². The maximum absolute atomic E-state index is 12.9. The molecule has 0 unspecified atom stereocenters. The summed E-state index contributed by atoms with van der Waals surface area (Å²) in [5, 5.41) is 0. The van der Waals surface area contributed by atoms with Crippen molar-refractivity contribution in [3.8, 4) is 11.3 Å². The second-order valence-electron chi connectivity index (χ2n) is 3.11. The van der Waals surface area contributed by atoms with Crippen LogP contribution in [0.1, 0.15) is 0 Å². The van der Waals surface area contributed by atoms with Crippen molar-refractivity contribution in [2.75, 3.05) is 5.73 Å². The van der Waals surface area contributed by atoms with Crippen LogP contribution in [0.4, 0.5) is 14.5 Å². The van der Waals surface area contributed by atoms with E-state index in [1.807, 2.05) is 0 Å². The lowest BCUT2D eigenvalue weighted by molar-refractivity contribution is 0.509. The third-order valence-electron chi connectivity index (χ3n) is 2.00. The van der Waals surface area contributed by atoms with Gasteiger partial charge in [-0.05, 0) is 30.3 Å². The van der Waals surface area contributed by atoms with E-state index in [2.05, 4.69) is 4.98 Å². The molecule has 0 saturated heterocycles. The fraction of sp³-hybridized carbons (Fsp3) is 0. The van der Waals surface area contributed by atoms with Crippen LogP contribution in [0.15, 0.2) is 36.5 Å². The standard InChI is InChI=1S/C11H8F2N2/c12-9-3-1-7(5-10(9)13)11-4-2-8(14)6-15-11/h1-6H,14H2. The predicted molar refractivity (Wildman–Crippen MR) is 54.0 cm³/mol. The molecule has 15 heavy (non-hydrogen) atoms. The molecule has 0 spiro atoms.